The average Bonchev–Trinajstić information content (AvgIpc) is 2.52. The molecule has 0 radical (unpaired) electrons. The van der Waals surface area contributed by atoms with E-state index in [1.165, 1.54) is 12.5 Å². The maximum atomic E-state index is 12.7. The molecule has 0 amide bonds. The van der Waals surface area contributed by atoms with Gasteiger partial charge in [-0.05, 0) is 36.1 Å². The van der Waals surface area contributed by atoms with Gasteiger partial charge in [-0.15, -0.1) is 0 Å². The Balaban J connectivity index is -0.000000519. The van der Waals surface area contributed by atoms with E-state index in [0.29, 0.717) is 17.9 Å². The molecule has 0 aliphatic rings. The molecule has 0 saturated heterocycles. The van der Waals surface area contributed by atoms with Crippen LogP contribution in [-0.2, 0) is 6.18 Å². The molecule has 0 N–H and O–H groups in total. The Bertz CT molecular complexity index is 416. The van der Waals surface area contributed by atoms with Crippen molar-refractivity contribution in [2.45, 2.75) is 72.4 Å². The molecule has 0 aliphatic carbocycles. The van der Waals surface area contributed by atoms with Crippen LogP contribution in [0.1, 0.15) is 77.3 Å². The molecule has 1 nitrogen and oxygen atoms in total. The zero-order valence-corrected chi connectivity index (χ0v) is 20.5. The van der Waals surface area contributed by atoms with E-state index in [1.54, 1.807) is 6.07 Å². The second-order valence-electron chi connectivity index (χ2n) is 5.65. The fraction of sp³-hybridized carbons (Fsp3) is 0.600. The van der Waals surface area contributed by atoms with Gasteiger partial charge in [0.05, 0.1) is 12.2 Å². The van der Waals surface area contributed by atoms with E-state index in [0.717, 1.165) is 25.3 Å². The fourth-order valence-electron chi connectivity index (χ4n) is 1.42. The molecule has 144 valence electrons. The van der Waals surface area contributed by atoms with Gasteiger partial charge in [-0.3, -0.25) is 0 Å². The van der Waals surface area contributed by atoms with Gasteiger partial charge in [-0.2, -0.15) is 26.0 Å². The van der Waals surface area contributed by atoms with Crippen molar-refractivity contribution in [1.82, 2.24) is 0 Å². The van der Waals surface area contributed by atoms with Gasteiger partial charge in [0.25, 0.3) is 0 Å². The largest absolute Gasteiger partial charge is 2.00 e. The fourth-order valence-corrected chi connectivity index (χ4v) is 1.42. The minimum atomic E-state index is -4.32. The normalized spacial score (nSPS) is 10.0. The van der Waals surface area contributed by atoms with E-state index in [4.69, 9.17) is 4.74 Å². The van der Waals surface area contributed by atoms with Crippen LogP contribution >= 0.6 is 0 Å². The van der Waals surface area contributed by atoms with Crippen molar-refractivity contribution in [2.24, 2.45) is 0 Å². The van der Waals surface area contributed by atoms with E-state index >= 15 is 0 Å². The molecule has 1 aromatic rings. The Morgan fingerprint density at radius 3 is 1.80 bits per heavy atom. The molecule has 0 spiro atoms. The van der Waals surface area contributed by atoms with Crippen LogP contribution in [0.2, 0.25) is 0 Å². The van der Waals surface area contributed by atoms with E-state index in [-0.39, 0.29) is 37.0 Å². The molecule has 1 rings (SSSR count). The molecule has 0 heterocycles. The van der Waals surface area contributed by atoms with Crippen LogP contribution < -0.4 is 4.74 Å². The predicted molar refractivity (Wildman–Crippen MR) is 97.2 cm³/mol. The topological polar surface area (TPSA) is 9.23 Å². The minimum Gasteiger partial charge on any atom is -0.494 e. The second-order valence-corrected chi connectivity index (χ2v) is 5.65. The van der Waals surface area contributed by atoms with Crippen molar-refractivity contribution in [3.63, 3.8) is 0 Å². The van der Waals surface area contributed by atoms with Crippen LogP contribution in [0.4, 0.5) is 13.2 Å². The van der Waals surface area contributed by atoms with E-state index in [1.807, 2.05) is 27.7 Å². The first-order valence-electron chi connectivity index (χ1n) is 8.61. The summed E-state index contributed by atoms with van der Waals surface area (Å²) in [5.74, 6) is 0.339. The smallest absolute Gasteiger partial charge is 0.494 e. The Morgan fingerprint density at radius 2 is 1.48 bits per heavy atom. The average molecular weight is 585 g/mol. The monoisotopic (exact) mass is 584 g/mol. The van der Waals surface area contributed by atoms with Crippen molar-refractivity contribution in [3.8, 4) is 5.75 Å². The third kappa shape index (κ3) is 15.8. The third-order valence-electron chi connectivity index (χ3n) is 2.75. The molecule has 0 bridgehead atoms. The predicted octanol–water partition coefficient (Wildman–Crippen LogP) is 7.47. The number of ether oxygens (including phenoxy) is 1. The first-order valence-corrected chi connectivity index (χ1v) is 8.61. The summed E-state index contributed by atoms with van der Waals surface area (Å²) in [7, 11) is 0. The van der Waals surface area contributed by atoms with Crippen molar-refractivity contribution in [1.29, 1.82) is 0 Å². The third-order valence-corrected chi connectivity index (χ3v) is 2.75. The molecule has 1 aromatic carbocycles. The van der Waals surface area contributed by atoms with E-state index in [2.05, 4.69) is 20.8 Å². The standard InChI is InChI=1S/C13H17F3O.C4H9.C3H7.U/c1-4-5-17-12-7-10(9(2)3)6-11(8-12)13(14,15)16;1-3-4-2;1-3-2;/h6-9H,4-5H2,1-3H3;1,3-4H2,2H3;1,3H2,2H3;/q;2*-1;+2. The summed E-state index contributed by atoms with van der Waals surface area (Å²) < 4.78 is 43.3. The van der Waals surface area contributed by atoms with Crippen molar-refractivity contribution < 1.29 is 49.0 Å². The number of benzene rings is 1. The first-order chi connectivity index (χ1) is 11.2. The molecular weight excluding hydrogens is 551 g/mol. The maximum absolute atomic E-state index is 12.7. The van der Waals surface area contributed by atoms with Gasteiger partial charge in [0, 0.05) is 0 Å². The van der Waals surface area contributed by atoms with Gasteiger partial charge in [-0.1, -0.05) is 41.0 Å². The quantitative estimate of drug-likeness (QED) is 0.327. The van der Waals surface area contributed by atoms with Gasteiger partial charge in [0.15, 0.2) is 0 Å². The van der Waals surface area contributed by atoms with Crippen molar-refractivity contribution >= 4 is 0 Å². The van der Waals surface area contributed by atoms with Crippen LogP contribution in [0, 0.1) is 45.0 Å². The van der Waals surface area contributed by atoms with Crippen LogP contribution in [-0.4, -0.2) is 6.61 Å². The van der Waals surface area contributed by atoms with E-state index < -0.39 is 11.7 Å². The summed E-state index contributed by atoms with van der Waals surface area (Å²) in [5, 5.41) is 0. The molecule has 0 saturated carbocycles. The number of unbranched alkanes of at least 4 members (excludes halogenated alkanes) is 1. The summed E-state index contributed by atoms with van der Waals surface area (Å²) in [4.78, 5) is 0. The Labute approximate surface area is 176 Å². The SMILES string of the molecule is CCCOc1cc(C(C)C)cc(C(F)(F)F)c1.[CH2-]CC.[CH2-]CCC.[U+2]. The summed E-state index contributed by atoms with van der Waals surface area (Å²) in [5.41, 5.74) is 0.000677. The van der Waals surface area contributed by atoms with Crippen LogP contribution in [0.25, 0.3) is 0 Å². The Kier molecular flexibility index (Phi) is 20.5. The van der Waals surface area contributed by atoms with Gasteiger partial charge in [0.2, 0.25) is 0 Å². The van der Waals surface area contributed by atoms with Crippen molar-refractivity contribution in [2.75, 3.05) is 6.61 Å². The number of alkyl halides is 3. The molecule has 0 unspecified atom stereocenters. The number of halogens is 3. The van der Waals surface area contributed by atoms with Crippen molar-refractivity contribution in [3.05, 3.63) is 43.2 Å². The zero-order chi connectivity index (χ0) is 19.2. The summed E-state index contributed by atoms with van der Waals surface area (Å²) in [6, 6.07) is 3.92. The number of rotatable bonds is 5. The second kappa shape index (κ2) is 17.3. The number of hydrogen-bond acceptors (Lipinski definition) is 1. The minimum absolute atomic E-state index is 0. The molecular formula is C20H33F3OU. The molecule has 5 heteroatoms. The van der Waals surface area contributed by atoms with Gasteiger partial charge >= 0.3 is 37.3 Å². The molecule has 0 fully saturated rings. The summed E-state index contributed by atoms with van der Waals surface area (Å²) in [6.07, 6.45) is -0.275. The molecule has 0 aliphatic heterocycles. The molecule has 0 atom stereocenters. The maximum Gasteiger partial charge on any atom is 2.00 e. The van der Waals surface area contributed by atoms with Gasteiger partial charge in [-0.25, -0.2) is 0 Å². The first kappa shape index (κ1) is 29.6. The number of hydrogen-bond donors (Lipinski definition) is 0. The summed E-state index contributed by atoms with van der Waals surface area (Å²) >= 11 is 0. The van der Waals surface area contributed by atoms with Gasteiger partial charge < -0.3 is 18.6 Å². The van der Waals surface area contributed by atoms with Crippen LogP contribution in [0.5, 0.6) is 5.75 Å². The van der Waals surface area contributed by atoms with Crippen LogP contribution in [0.15, 0.2) is 18.2 Å². The summed E-state index contributed by atoms with van der Waals surface area (Å²) in [6.45, 7) is 17.3. The molecule has 0 aromatic heterocycles. The zero-order valence-electron chi connectivity index (χ0n) is 16.3. The van der Waals surface area contributed by atoms with E-state index in [9.17, 15) is 13.2 Å². The Hall–Kier alpha value is -0.138. The van der Waals surface area contributed by atoms with Crippen LogP contribution in [0.3, 0.4) is 0 Å². The van der Waals surface area contributed by atoms with Gasteiger partial charge in [0.1, 0.15) is 5.75 Å². The Morgan fingerprint density at radius 1 is 1.00 bits per heavy atom. The molecule has 25 heavy (non-hydrogen) atoms.